The van der Waals surface area contributed by atoms with E-state index in [0.717, 1.165) is 22.9 Å². The Morgan fingerprint density at radius 2 is 1.65 bits per heavy atom. The molecule has 0 radical (unpaired) electrons. The first-order valence-corrected chi connectivity index (χ1v) is 8.53. The predicted molar refractivity (Wildman–Crippen MR) is 103 cm³/mol. The zero-order valence-electron chi connectivity index (χ0n) is 14.4. The van der Waals surface area contributed by atoms with Crippen LogP contribution in [0.15, 0.2) is 85.6 Å². The van der Waals surface area contributed by atoms with Crippen LogP contribution in [0.25, 0.3) is 17.1 Å². The van der Waals surface area contributed by atoms with Crippen molar-refractivity contribution in [1.29, 1.82) is 0 Å². The maximum absolute atomic E-state index is 4.66. The average Bonchev–Trinajstić information content (AvgIpc) is 3.20. The van der Waals surface area contributed by atoms with Gasteiger partial charge in [-0.2, -0.15) is 0 Å². The van der Waals surface area contributed by atoms with Crippen molar-refractivity contribution in [2.24, 2.45) is 0 Å². The molecule has 0 amide bonds. The molecule has 2 aromatic heterocycles. The van der Waals surface area contributed by atoms with Gasteiger partial charge in [-0.15, -0.1) is 0 Å². The summed E-state index contributed by atoms with van der Waals surface area (Å²) < 4.78 is 1.88. The van der Waals surface area contributed by atoms with Gasteiger partial charge < -0.3 is 5.32 Å². The first-order chi connectivity index (χ1) is 12.8. The monoisotopic (exact) mass is 341 g/mol. The van der Waals surface area contributed by atoms with Gasteiger partial charge in [0, 0.05) is 17.8 Å². The van der Waals surface area contributed by atoms with Gasteiger partial charge in [0.1, 0.15) is 12.1 Å². The topological polar surface area (TPSA) is 55.6 Å². The second kappa shape index (κ2) is 7.19. The SMILES string of the molecule is C[C@@H](Nc1cncc(-n2cnc(-c3ccccc3)c2)n1)c1ccccc1. The van der Waals surface area contributed by atoms with Gasteiger partial charge >= 0.3 is 0 Å². The van der Waals surface area contributed by atoms with E-state index in [1.165, 1.54) is 5.56 Å². The first-order valence-electron chi connectivity index (χ1n) is 8.53. The summed E-state index contributed by atoms with van der Waals surface area (Å²) in [7, 11) is 0. The molecule has 2 heterocycles. The lowest BCUT2D eigenvalue weighted by atomic mass is 10.1. The van der Waals surface area contributed by atoms with Gasteiger partial charge in [0.2, 0.25) is 0 Å². The van der Waals surface area contributed by atoms with Crippen molar-refractivity contribution in [2.75, 3.05) is 5.32 Å². The molecule has 2 aromatic carbocycles. The number of rotatable bonds is 5. The van der Waals surface area contributed by atoms with Crippen LogP contribution >= 0.6 is 0 Å². The number of aromatic nitrogens is 4. The maximum atomic E-state index is 4.66. The molecule has 0 saturated heterocycles. The molecule has 0 bridgehead atoms. The van der Waals surface area contributed by atoms with Gasteiger partial charge in [-0.1, -0.05) is 60.7 Å². The number of hydrogen-bond donors (Lipinski definition) is 1. The molecule has 0 aliphatic heterocycles. The van der Waals surface area contributed by atoms with Gasteiger partial charge in [-0.05, 0) is 12.5 Å². The van der Waals surface area contributed by atoms with Gasteiger partial charge in [-0.25, -0.2) is 9.97 Å². The molecule has 0 fully saturated rings. The van der Waals surface area contributed by atoms with E-state index < -0.39 is 0 Å². The Balaban J connectivity index is 1.56. The van der Waals surface area contributed by atoms with Crippen molar-refractivity contribution in [3.05, 3.63) is 91.1 Å². The Kier molecular flexibility index (Phi) is 4.43. The van der Waals surface area contributed by atoms with E-state index in [9.17, 15) is 0 Å². The average molecular weight is 341 g/mol. The van der Waals surface area contributed by atoms with Crippen LogP contribution in [-0.2, 0) is 0 Å². The lowest BCUT2D eigenvalue weighted by Crippen LogP contribution is -2.09. The number of hydrogen-bond acceptors (Lipinski definition) is 4. The van der Waals surface area contributed by atoms with Crippen molar-refractivity contribution in [2.45, 2.75) is 13.0 Å². The van der Waals surface area contributed by atoms with Crippen LogP contribution in [0.4, 0.5) is 5.82 Å². The Hall–Kier alpha value is -3.47. The Morgan fingerprint density at radius 1 is 0.923 bits per heavy atom. The smallest absolute Gasteiger partial charge is 0.158 e. The summed E-state index contributed by atoms with van der Waals surface area (Å²) in [5.74, 6) is 1.46. The zero-order chi connectivity index (χ0) is 17.8. The second-order valence-electron chi connectivity index (χ2n) is 6.07. The third-order valence-corrected chi connectivity index (χ3v) is 4.20. The van der Waals surface area contributed by atoms with Crippen LogP contribution in [-0.4, -0.2) is 19.5 Å². The van der Waals surface area contributed by atoms with Crippen molar-refractivity contribution < 1.29 is 0 Å². The summed E-state index contributed by atoms with van der Waals surface area (Å²) in [6.07, 6.45) is 7.19. The molecule has 5 nitrogen and oxygen atoms in total. The molecule has 4 rings (SSSR count). The van der Waals surface area contributed by atoms with E-state index in [1.54, 1.807) is 18.7 Å². The minimum absolute atomic E-state index is 0.142. The lowest BCUT2D eigenvalue weighted by molar-refractivity contribution is 0.863. The summed E-state index contributed by atoms with van der Waals surface area (Å²) in [5.41, 5.74) is 3.18. The molecule has 26 heavy (non-hydrogen) atoms. The van der Waals surface area contributed by atoms with Crippen LogP contribution in [0.3, 0.4) is 0 Å². The number of imidazole rings is 1. The minimum Gasteiger partial charge on any atom is -0.362 e. The quantitative estimate of drug-likeness (QED) is 0.580. The van der Waals surface area contributed by atoms with E-state index >= 15 is 0 Å². The molecule has 0 spiro atoms. The number of nitrogens with one attached hydrogen (secondary N) is 1. The highest BCUT2D eigenvalue weighted by atomic mass is 15.1. The number of nitrogens with zero attached hydrogens (tertiary/aromatic N) is 4. The van der Waals surface area contributed by atoms with Crippen molar-refractivity contribution in [3.63, 3.8) is 0 Å². The molecule has 0 aliphatic rings. The molecule has 1 atom stereocenters. The fraction of sp³-hybridized carbons (Fsp3) is 0.0952. The number of benzene rings is 2. The van der Waals surface area contributed by atoms with E-state index in [1.807, 2.05) is 59.3 Å². The standard InChI is InChI=1S/C21H19N5/c1-16(17-8-4-2-5-9-17)24-20-12-22-13-21(25-20)26-14-19(23-15-26)18-10-6-3-7-11-18/h2-16H,1H3,(H,24,25)/t16-/m1/s1. The third kappa shape index (κ3) is 3.47. The molecule has 128 valence electrons. The van der Waals surface area contributed by atoms with Crippen molar-refractivity contribution in [3.8, 4) is 17.1 Å². The summed E-state index contributed by atoms with van der Waals surface area (Å²) in [4.78, 5) is 13.5. The molecule has 0 unspecified atom stereocenters. The molecule has 5 heteroatoms. The van der Waals surface area contributed by atoms with Crippen LogP contribution in [0, 0.1) is 0 Å². The zero-order valence-corrected chi connectivity index (χ0v) is 14.4. The Bertz CT molecular complexity index is 979. The van der Waals surface area contributed by atoms with Crippen LogP contribution in [0.5, 0.6) is 0 Å². The molecular weight excluding hydrogens is 322 g/mol. The Labute approximate surface area is 152 Å². The molecule has 4 aromatic rings. The molecular formula is C21H19N5. The normalized spacial score (nSPS) is 11.9. The van der Waals surface area contributed by atoms with E-state index in [4.69, 9.17) is 0 Å². The van der Waals surface area contributed by atoms with Crippen molar-refractivity contribution >= 4 is 5.82 Å². The summed E-state index contributed by atoms with van der Waals surface area (Å²) >= 11 is 0. The molecule has 0 saturated carbocycles. The van der Waals surface area contributed by atoms with Crippen LogP contribution in [0.2, 0.25) is 0 Å². The summed E-state index contributed by atoms with van der Waals surface area (Å²) in [6.45, 7) is 2.11. The van der Waals surface area contributed by atoms with E-state index in [2.05, 4.69) is 39.3 Å². The van der Waals surface area contributed by atoms with Gasteiger partial charge in [0.15, 0.2) is 5.82 Å². The Morgan fingerprint density at radius 3 is 2.42 bits per heavy atom. The highest BCUT2D eigenvalue weighted by Crippen LogP contribution is 2.20. The lowest BCUT2D eigenvalue weighted by Gasteiger charge is -2.15. The van der Waals surface area contributed by atoms with Gasteiger partial charge in [0.25, 0.3) is 0 Å². The number of anilines is 1. The largest absolute Gasteiger partial charge is 0.362 e. The van der Waals surface area contributed by atoms with Crippen LogP contribution < -0.4 is 5.32 Å². The summed E-state index contributed by atoms with van der Waals surface area (Å²) in [6, 6.07) is 20.5. The fourth-order valence-electron chi connectivity index (χ4n) is 2.80. The highest BCUT2D eigenvalue weighted by molar-refractivity contribution is 5.58. The third-order valence-electron chi connectivity index (χ3n) is 4.20. The fourth-order valence-corrected chi connectivity index (χ4v) is 2.80. The van der Waals surface area contributed by atoms with E-state index in [0.29, 0.717) is 0 Å². The second-order valence-corrected chi connectivity index (χ2v) is 6.07. The van der Waals surface area contributed by atoms with Crippen LogP contribution in [0.1, 0.15) is 18.5 Å². The molecule has 1 N–H and O–H groups in total. The van der Waals surface area contributed by atoms with Crippen molar-refractivity contribution in [1.82, 2.24) is 19.5 Å². The first kappa shape index (κ1) is 16.0. The minimum atomic E-state index is 0.142. The highest BCUT2D eigenvalue weighted by Gasteiger charge is 2.08. The summed E-state index contributed by atoms with van der Waals surface area (Å²) in [5, 5.41) is 3.40. The molecule has 0 aliphatic carbocycles. The predicted octanol–water partition coefficient (Wildman–Crippen LogP) is 4.50. The maximum Gasteiger partial charge on any atom is 0.158 e. The van der Waals surface area contributed by atoms with Gasteiger partial charge in [-0.3, -0.25) is 9.55 Å². The van der Waals surface area contributed by atoms with Gasteiger partial charge in [0.05, 0.1) is 18.1 Å². The van der Waals surface area contributed by atoms with E-state index in [-0.39, 0.29) is 6.04 Å².